The van der Waals surface area contributed by atoms with Gasteiger partial charge >= 0.3 is 0 Å². The molecule has 194 valence electrons. The molecule has 0 bridgehead atoms. The molecule has 2 heterocycles. The zero-order valence-electron chi connectivity index (χ0n) is 22.5. The lowest BCUT2D eigenvalue weighted by Gasteiger charge is -2.18. The fraction of sp³-hybridized carbons (Fsp3) is 0. The zero-order chi connectivity index (χ0) is 28.5. The number of aromatic nitrogens is 2. The van der Waals surface area contributed by atoms with E-state index in [-0.39, 0.29) is 0 Å². The molecule has 0 fully saturated rings. The third kappa shape index (κ3) is 4.16. The van der Waals surface area contributed by atoms with Crippen molar-refractivity contribution in [2.75, 3.05) is 0 Å². The molecular weight excluding hydrogens is 512 g/mol. The molecule has 0 aliphatic carbocycles. The number of benzene rings is 5. The molecule has 4 heteroatoms. The van der Waals surface area contributed by atoms with Crippen LogP contribution in [0.5, 0.6) is 0 Å². The van der Waals surface area contributed by atoms with Crippen LogP contribution in [0.3, 0.4) is 0 Å². The molecule has 0 aliphatic rings. The first-order valence-electron chi connectivity index (χ1n) is 13.6. The molecule has 5 aromatic carbocycles. The van der Waals surface area contributed by atoms with E-state index in [1.165, 1.54) is 0 Å². The Morgan fingerprint density at radius 2 is 0.810 bits per heavy atom. The monoisotopic (exact) mass is 534 g/mol. The van der Waals surface area contributed by atoms with Crippen LogP contribution in [-0.2, 0) is 0 Å². The average Bonchev–Trinajstić information content (AvgIpc) is 3.07. The molecule has 4 nitrogen and oxygen atoms in total. The fourth-order valence-corrected chi connectivity index (χ4v) is 5.88. The Bertz CT molecular complexity index is 2020. The summed E-state index contributed by atoms with van der Waals surface area (Å²) < 4.78 is 0. The van der Waals surface area contributed by atoms with E-state index in [1.807, 2.05) is 24.3 Å². The van der Waals surface area contributed by atoms with Crippen LogP contribution in [0.15, 0.2) is 134 Å². The van der Waals surface area contributed by atoms with Crippen molar-refractivity contribution in [3.63, 3.8) is 0 Å². The number of nitriles is 2. The second-order valence-corrected chi connectivity index (χ2v) is 10.1. The smallest absolute Gasteiger partial charge is 0.0999 e. The summed E-state index contributed by atoms with van der Waals surface area (Å²) >= 11 is 0. The molecule has 2 aromatic heterocycles. The Hall–Kier alpha value is -6.10. The Balaban J connectivity index is 1.50. The van der Waals surface area contributed by atoms with E-state index >= 15 is 0 Å². The highest BCUT2D eigenvalue weighted by Gasteiger charge is 2.18. The van der Waals surface area contributed by atoms with Gasteiger partial charge < -0.3 is 0 Å². The summed E-state index contributed by atoms with van der Waals surface area (Å²) in [4.78, 5) is 8.57. The standard InChI is InChI=1S/C38H22N4/c39-21-29-15-17-41-23-35(29)25-7-5-9-27(19-25)37-31-11-1-2-12-32(31)38(34-14-4-3-13-33(34)37)28-10-6-8-26(20-28)36-24-42-18-16-30(36)22-40/h1-20,23-24H. The molecule has 7 rings (SSSR count). The molecule has 0 saturated heterocycles. The van der Waals surface area contributed by atoms with Gasteiger partial charge in [-0.3, -0.25) is 9.97 Å². The minimum absolute atomic E-state index is 0.597. The van der Waals surface area contributed by atoms with Gasteiger partial charge in [-0.05, 0) is 79.2 Å². The highest BCUT2D eigenvalue weighted by Crippen LogP contribution is 2.44. The SMILES string of the molecule is N#Cc1ccncc1-c1cccc(-c2c3ccccc3c(-c3cccc(-c4cnccc4C#N)c3)c3ccccc23)c1. The summed E-state index contributed by atoms with van der Waals surface area (Å²) in [6, 6.07) is 41.8. The Morgan fingerprint density at radius 3 is 1.19 bits per heavy atom. The number of pyridine rings is 2. The van der Waals surface area contributed by atoms with Gasteiger partial charge in [-0.15, -0.1) is 0 Å². The number of hydrogen-bond donors (Lipinski definition) is 0. The summed E-state index contributed by atoms with van der Waals surface area (Å²) in [6.45, 7) is 0. The first-order valence-corrected chi connectivity index (χ1v) is 13.6. The van der Waals surface area contributed by atoms with Crippen LogP contribution in [0, 0.1) is 22.7 Å². The van der Waals surface area contributed by atoms with Crippen molar-refractivity contribution in [2.45, 2.75) is 0 Å². The van der Waals surface area contributed by atoms with Crippen LogP contribution in [-0.4, -0.2) is 9.97 Å². The lowest BCUT2D eigenvalue weighted by molar-refractivity contribution is 1.31. The highest BCUT2D eigenvalue weighted by molar-refractivity contribution is 6.21. The second-order valence-electron chi connectivity index (χ2n) is 10.1. The Labute approximate surface area is 243 Å². The van der Waals surface area contributed by atoms with Gasteiger partial charge in [0.15, 0.2) is 0 Å². The first-order chi connectivity index (χ1) is 20.8. The van der Waals surface area contributed by atoms with Crippen molar-refractivity contribution in [1.29, 1.82) is 10.5 Å². The lowest BCUT2D eigenvalue weighted by atomic mass is 9.85. The predicted octanol–water partition coefficient (Wildman–Crippen LogP) is 9.19. The van der Waals surface area contributed by atoms with Gasteiger partial charge in [0.05, 0.1) is 23.3 Å². The van der Waals surface area contributed by atoms with Crippen LogP contribution >= 0.6 is 0 Å². The van der Waals surface area contributed by atoms with Crippen molar-refractivity contribution in [2.24, 2.45) is 0 Å². The van der Waals surface area contributed by atoms with Crippen molar-refractivity contribution in [3.05, 3.63) is 145 Å². The van der Waals surface area contributed by atoms with E-state index in [0.29, 0.717) is 11.1 Å². The number of nitrogens with zero attached hydrogens (tertiary/aromatic N) is 4. The summed E-state index contributed by atoms with van der Waals surface area (Å²) in [7, 11) is 0. The number of hydrogen-bond acceptors (Lipinski definition) is 4. The highest BCUT2D eigenvalue weighted by atomic mass is 14.6. The maximum atomic E-state index is 9.71. The molecule has 42 heavy (non-hydrogen) atoms. The zero-order valence-corrected chi connectivity index (χ0v) is 22.5. The second kappa shape index (κ2) is 10.5. The van der Waals surface area contributed by atoms with Gasteiger partial charge in [0, 0.05) is 35.9 Å². The van der Waals surface area contributed by atoms with Crippen molar-refractivity contribution in [3.8, 4) is 56.6 Å². The molecular formula is C38H22N4. The molecule has 0 N–H and O–H groups in total. The molecule has 0 radical (unpaired) electrons. The van der Waals surface area contributed by atoms with Crippen LogP contribution in [0.2, 0.25) is 0 Å². The topological polar surface area (TPSA) is 73.4 Å². The molecule has 0 atom stereocenters. The van der Waals surface area contributed by atoms with E-state index in [1.54, 1.807) is 36.9 Å². The van der Waals surface area contributed by atoms with Crippen LogP contribution < -0.4 is 0 Å². The summed E-state index contributed by atoms with van der Waals surface area (Å²) in [5.74, 6) is 0. The first kappa shape index (κ1) is 24.9. The van der Waals surface area contributed by atoms with E-state index in [0.717, 1.165) is 66.1 Å². The Kier molecular flexibility index (Phi) is 6.21. The minimum atomic E-state index is 0.597. The van der Waals surface area contributed by atoms with Gasteiger partial charge in [0.2, 0.25) is 0 Å². The van der Waals surface area contributed by atoms with Crippen molar-refractivity contribution >= 4 is 21.5 Å². The van der Waals surface area contributed by atoms with Crippen molar-refractivity contribution < 1.29 is 0 Å². The van der Waals surface area contributed by atoms with E-state index in [4.69, 9.17) is 0 Å². The molecule has 0 amide bonds. The summed E-state index contributed by atoms with van der Waals surface area (Å²) in [6.07, 6.45) is 6.81. The molecule has 0 spiro atoms. The van der Waals surface area contributed by atoms with E-state index in [9.17, 15) is 10.5 Å². The van der Waals surface area contributed by atoms with Gasteiger partial charge in [-0.1, -0.05) is 84.9 Å². The number of rotatable bonds is 4. The van der Waals surface area contributed by atoms with Crippen LogP contribution in [0.4, 0.5) is 0 Å². The van der Waals surface area contributed by atoms with Gasteiger partial charge in [0.25, 0.3) is 0 Å². The molecule has 0 aliphatic heterocycles. The fourth-order valence-electron chi connectivity index (χ4n) is 5.88. The minimum Gasteiger partial charge on any atom is -0.264 e. The van der Waals surface area contributed by atoms with E-state index in [2.05, 4.69) is 94.9 Å². The largest absolute Gasteiger partial charge is 0.264 e. The number of fused-ring (bicyclic) bond motifs is 2. The van der Waals surface area contributed by atoms with Crippen molar-refractivity contribution in [1.82, 2.24) is 9.97 Å². The quantitative estimate of drug-likeness (QED) is 0.211. The predicted molar refractivity (Wildman–Crippen MR) is 168 cm³/mol. The maximum absolute atomic E-state index is 9.71. The third-order valence-corrected chi connectivity index (χ3v) is 7.74. The van der Waals surface area contributed by atoms with Gasteiger partial charge in [-0.25, -0.2) is 0 Å². The molecule has 0 unspecified atom stereocenters. The van der Waals surface area contributed by atoms with E-state index < -0.39 is 0 Å². The molecule has 0 saturated carbocycles. The maximum Gasteiger partial charge on any atom is 0.0999 e. The van der Waals surface area contributed by atoms with Crippen LogP contribution in [0.1, 0.15) is 11.1 Å². The molecule has 7 aromatic rings. The third-order valence-electron chi connectivity index (χ3n) is 7.74. The van der Waals surface area contributed by atoms with Crippen LogP contribution in [0.25, 0.3) is 66.1 Å². The normalized spacial score (nSPS) is 10.8. The van der Waals surface area contributed by atoms with Gasteiger partial charge in [0.1, 0.15) is 0 Å². The summed E-state index contributed by atoms with van der Waals surface area (Å²) in [5.41, 5.74) is 9.16. The van der Waals surface area contributed by atoms with Gasteiger partial charge in [-0.2, -0.15) is 10.5 Å². The lowest BCUT2D eigenvalue weighted by Crippen LogP contribution is -1.92. The Morgan fingerprint density at radius 1 is 0.429 bits per heavy atom. The summed E-state index contributed by atoms with van der Waals surface area (Å²) in [5, 5.41) is 24.0. The average molecular weight is 535 g/mol.